The topological polar surface area (TPSA) is 48.5 Å². The maximum absolute atomic E-state index is 5.41. The molecule has 3 aromatic heterocycles. The molecule has 13 rings (SSSR count). The van der Waals surface area contributed by atoms with E-state index >= 15 is 0 Å². The van der Waals surface area contributed by atoms with Gasteiger partial charge in [0.15, 0.2) is 11.6 Å². The van der Waals surface area contributed by atoms with Crippen LogP contribution in [-0.4, -0.2) is 24.1 Å². The average molecular weight is 870 g/mol. The Labute approximate surface area is 394 Å². The highest BCUT2D eigenvalue weighted by atomic mass is 15.0. The van der Waals surface area contributed by atoms with Gasteiger partial charge in [0.2, 0.25) is 0 Å². The van der Waals surface area contributed by atoms with E-state index in [1.807, 2.05) is 18.2 Å². The Morgan fingerprint density at radius 1 is 0.353 bits per heavy atom. The number of hydrogen-bond donors (Lipinski definition) is 0. The second-order valence-electron chi connectivity index (χ2n) is 17.5. The van der Waals surface area contributed by atoms with Crippen LogP contribution in [0.4, 0.5) is 0 Å². The summed E-state index contributed by atoms with van der Waals surface area (Å²) < 4.78 is 4.84. The molecule has 5 nitrogen and oxygen atoms in total. The van der Waals surface area contributed by atoms with E-state index in [4.69, 9.17) is 15.0 Å². The van der Waals surface area contributed by atoms with Gasteiger partial charge < -0.3 is 9.13 Å². The van der Waals surface area contributed by atoms with Crippen molar-refractivity contribution < 1.29 is 0 Å². The van der Waals surface area contributed by atoms with Gasteiger partial charge in [-0.1, -0.05) is 200 Å². The molecule has 1 atom stereocenters. The molecule has 68 heavy (non-hydrogen) atoms. The summed E-state index contributed by atoms with van der Waals surface area (Å²) in [7, 11) is 0. The Kier molecular flexibility index (Phi) is 9.57. The van der Waals surface area contributed by atoms with Crippen molar-refractivity contribution in [2.24, 2.45) is 0 Å². The number of nitrogens with zero attached hydrogens (tertiary/aromatic N) is 5. The molecule has 5 heteroatoms. The van der Waals surface area contributed by atoms with Gasteiger partial charge in [0, 0.05) is 55.4 Å². The Morgan fingerprint density at radius 2 is 0.824 bits per heavy atom. The van der Waals surface area contributed by atoms with Crippen molar-refractivity contribution in [2.45, 2.75) is 12.3 Å². The fraction of sp³-hybridized carbons (Fsp3) is 0.0317. The molecule has 0 spiro atoms. The van der Waals surface area contributed by atoms with Crippen LogP contribution in [0.5, 0.6) is 0 Å². The van der Waals surface area contributed by atoms with Crippen LogP contribution in [0.25, 0.3) is 106 Å². The first kappa shape index (κ1) is 39.4. The van der Waals surface area contributed by atoms with E-state index in [0.717, 1.165) is 62.6 Å². The zero-order chi connectivity index (χ0) is 45.0. The van der Waals surface area contributed by atoms with Crippen LogP contribution in [0, 0.1) is 0 Å². The van der Waals surface area contributed by atoms with Crippen molar-refractivity contribution in [3.8, 4) is 50.7 Å². The Hall–Kier alpha value is -8.93. The smallest absolute Gasteiger partial charge is 0.163 e. The van der Waals surface area contributed by atoms with Crippen LogP contribution in [0.3, 0.4) is 0 Å². The predicted molar refractivity (Wildman–Crippen MR) is 281 cm³/mol. The zero-order valence-electron chi connectivity index (χ0n) is 37.1. The van der Waals surface area contributed by atoms with Crippen molar-refractivity contribution >= 4 is 54.9 Å². The normalized spacial score (nSPS) is 13.9. The summed E-state index contributed by atoms with van der Waals surface area (Å²) in [5.41, 5.74) is 15.6. The molecule has 12 aromatic rings. The van der Waals surface area contributed by atoms with Crippen LogP contribution >= 0.6 is 0 Å². The molecule has 320 valence electrons. The van der Waals surface area contributed by atoms with Crippen molar-refractivity contribution in [2.75, 3.05) is 0 Å². The molecule has 3 heterocycles. The van der Waals surface area contributed by atoms with E-state index in [1.54, 1.807) is 0 Å². The summed E-state index contributed by atoms with van der Waals surface area (Å²) in [5.74, 6) is 1.92. The van der Waals surface area contributed by atoms with Crippen LogP contribution < -0.4 is 0 Å². The molecule has 0 bridgehead atoms. The number of allylic oxidation sites excluding steroid dienone is 4. The Morgan fingerprint density at radius 3 is 1.41 bits per heavy atom. The third kappa shape index (κ3) is 6.75. The fourth-order valence-corrected chi connectivity index (χ4v) is 10.3. The van der Waals surface area contributed by atoms with Gasteiger partial charge in [-0.15, -0.1) is 0 Å². The SMILES string of the molecule is C1=C(c2ccccc2)C(n2c3ccccc3c3ccccc32)=CCC1c1nc(-c2ccccc2)nc(-c2cccc(-c3cc(-c4ccccc4)ccc3-n3c4ccccc4c4ccccc43)c2)n1. The summed E-state index contributed by atoms with van der Waals surface area (Å²) in [6, 6.07) is 82.1. The minimum absolute atomic E-state index is 0.112. The van der Waals surface area contributed by atoms with Crippen molar-refractivity contribution in [1.82, 2.24) is 24.1 Å². The second kappa shape index (κ2) is 16.5. The molecule has 0 fully saturated rings. The Bertz CT molecular complexity index is 3830. The van der Waals surface area contributed by atoms with Gasteiger partial charge in [0.25, 0.3) is 0 Å². The fourth-order valence-electron chi connectivity index (χ4n) is 10.3. The van der Waals surface area contributed by atoms with Gasteiger partial charge in [-0.2, -0.15) is 0 Å². The molecule has 0 radical (unpaired) electrons. The van der Waals surface area contributed by atoms with Gasteiger partial charge in [0.1, 0.15) is 5.82 Å². The standard InChI is InChI=1S/C63H43N5/c1-4-19-42(20-5-1)45-35-37-60(68-57-33-16-12-29-51(57)52-30-13-17-34-58(52)68)54(40-45)46-25-18-26-47(39-46)62-64-61(44-23-8-3-9-24-44)65-63(66-62)48-36-38-59(53(41-48)43-21-6-2-7-22-43)67-55-31-14-10-27-49(55)50-28-11-15-32-56(50)67/h1-35,37-41,48H,36H2. The minimum atomic E-state index is -0.112. The molecule has 9 aromatic carbocycles. The first-order valence-electron chi connectivity index (χ1n) is 23.3. The van der Waals surface area contributed by atoms with Crippen LogP contribution in [0.2, 0.25) is 0 Å². The second-order valence-corrected chi connectivity index (χ2v) is 17.5. The van der Waals surface area contributed by atoms with Crippen LogP contribution in [0.15, 0.2) is 243 Å². The average Bonchev–Trinajstić information content (AvgIpc) is 3.94. The molecular weight excluding hydrogens is 827 g/mol. The molecule has 1 aliphatic rings. The summed E-state index contributed by atoms with van der Waals surface area (Å²) in [6.07, 6.45) is 5.48. The number of para-hydroxylation sites is 4. The van der Waals surface area contributed by atoms with Crippen molar-refractivity contribution in [3.63, 3.8) is 0 Å². The summed E-state index contributed by atoms with van der Waals surface area (Å²) in [5, 5.41) is 4.93. The Balaban J connectivity index is 0.977. The molecule has 0 saturated carbocycles. The quantitative estimate of drug-likeness (QED) is 0.153. The number of rotatable bonds is 8. The van der Waals surface area contributed by atoms with Gasteiger partial charge in [-0.25, -0.2) is 15.0 Å². The lowest BCUT2D eigenvalue weighted by molar-refractivity contribution is 0.765. The van der Waals surface area contributed by atoms with E-state index in [2.05, 4.69) is 234 Å². The third-order valence-electron chi connectivity index (χ3n) is 13.5. The molecule has 0 saturated heterocycles. The maximum Gasteiger partial charge on any atom is 0.163 e. The zero-order valence-corrected chi connectivity index (χ0v) is 37.1. The highest BCUT2D eigenvalue weighted by Gasteiger charge is 2.26. The number of aromatic nitrogens is 5. The number of benzene rings is 9. The van der Waals surface area contributed by atoms with Gasteiger partial charge in [0.05, 0.1) is 27.8 Å². The minimum Gasteiger partial charge on any atom is -0.309 e. The van der Waals surface area contributed by atoms with Gasteiger partial charge >= 0.3 is 0 Å². The largest absolute Gasteiger partial charge is 0.309 e. The highest BCUT2D eigenvalue weighted by Crippen LogP contribution is 2.43. The van der Waals surface area contributed by atoms with Crippen LogP contribution in [-0.2, 0) is 0 Å². The number of hydrogen-bond acceptors (Lipinski definition) is 3. The summed E-state index contributed by atoms with van der Waals surface area (Å²) >= 11 is 0. The molecule has 1 aliphatic carbocycles. The van der Waals surface area contributed by atoms with E-state index < -0.39 is 0 Å². The predicted octanol–water partition coefficient (Wildman–Crippen LogP) is 15.9. The lowest BCUT2D eigenvalue weighted by Crippen LogP contribution is -2.12. The lowest BCUT2D eigenvalue weighted by atomic mass is 9.89. The summed E-state index contributed by atoms with van der Waals surface area (Å²) in [4.78, 5) is 16.0. The monoisotopic (exact) mass is 869 g/mol. The third-order valence-corrected chi connectivity index (χ3v) is 13.5. The van der Waals surface area contributed by atoms with E-state index in [9.17, 15) is 0 Å². The van der Waals surface area contributed by atoms with Gasteiger partial charge in [-0.05, 0) is 71.1 Å². The van der Waals surface area contributed by atoms with E-state index in [0.29, 0.717) is 11.6 Å². The first-order valence-corrected chi connectivity index (χ1v) is 23.3. The lowest BCUT2D eigenvalue weighted by Gasteiger charge is -2.24. The van der Waals surface area contributed by atoms with Crippen molar-refractivity contribution in [1.29, 1.82) is 0 Å². The van der Waals surface area contributed by atoms with Gasteiger partial charge in [-0.3, -0.25) is 0 Å². The maximum atomic E-state index is 5.41. The molecule has 0 aliphatic heterocycles. The van der Waals surface area contributed by atoms with E-state index in [1.165, 1.54) is 49.2 Å². The molecular formula is C63H43N5. The van der Waals surface area contributed by atoms with Crippen LogP contribution in [0.1, 0.15) is 23.7 Å². The van der Waals surface area contributed by atoms with Crippen molar-refractivity contribution in [3.05, 3.63) is 254 Å². The molecule has 1 unspecified atom stereocenters. The van der Waals surface area contributed by atoms with E-state index in [-0.39, 0.29) is 5.92 Å². The number of fused-ring (bicyclic) bond motifs is 6. The molecule has 0 N–H and O–H groups in total. The summed E-state index contributed by atoms with van der Waals surface area (Å²) in [6.45, 7) is 0. The first-order chi connectivity index (χ1) is 33.7. The highest BCUT2D eigenvalue weighted by molar-refractivity contribution is 6.14. The molecule has 0 amide bonds.